The van der Waals surface area contributed by atoms with Gasteiger partial charge in [-0.15, -0.1) is 0 Å². The van der Waals surface area contributed by atoms with Crippen molar-refractivity contribution in [2.24, 2.45) is 0 Å². The first-order valence-electron chi connectivity index (χ1n) is 9.36. The maximum atomic E-state index is 6.00. The highest BCUT2D eigenvalue weighted by atomic mass is 16.5. The van der Waals surface area contributed by atoms with E-state index in [4.69, 9.17) is 9.47 Å². The summed E-state index contributed by atoms with van der Waals surface area (Å²) in [4.78, 5) is 2.47. The van der Waals surface area contributed by atoms with Crippen molar-refractivity contribution in [3.63, 3.8) is 0 Å². The third kappa shape index (κ3) is 4.56. The lowest BCUT2D eigenvalue weighted by atomic mass is 10.1. The highest BCUT2D eigenvalue weighted by Crippen LogP contribution is 2.18. The summed E-state index contributed by atoms with van der Waals surface area (Å²) in [7, 11) is 1.69. The highest BCUT2D eigenvalue weighted by Gasteiger charge is 2.21. The van der Waals surface area contributed by atoms with Crippen LogP contribution in [0.5, 0.6) is 5.75 Å². The van der Waals surface area contributed by atoms with Crippen LogP contribution in [0.1, 0.15) is 11.1 Å². The van der Waals surface area contributed by atoms with Crippen LogP contribution in [-0.2, 0) is 17.7 Å². The zero-order valence-corrected chi connectivity index (χ0v) is 15.6. The molecule has 1 aromatic heterocycles. The standard InChI is InChI=1S/C22H25N3O2/c1-26-21-8-6-18(7-9-21)15-22-17-24(12-13-27-22)16-19-4-2-5-20(14-19)25-11-3-10-23-25/h2-11,14,22H,12-13,15-17H2,1H3/t22-/m1/s1. The lowest BCUT2D eigenvalue weighted by Gasteiger charge is -2.33. The molecular weight excluding hydrogens is 338 g/mol. The fourth-order valence-corrected chi connectivity index (χ4v) is 3.55. The second-order valence-corrected chi connectivity index (χ2v) is 6.90. The molecule has 0 saturated carbocycles. The van der Waals surface area contributed by atoms with Crippen molar-refractivity contribution in [3.8, 4) is 11.4 Å². The Morgan fingerprint density at radius 2 is 2.00 bits per heavy atom. The molecule has 1 atom stereocenters. The zero-order chi connectivity index (χ0) is 18.5. The van der Waals surface area contributed by atoms with Crippen LogP contribution in [-0.4, -0.2) is 47.6 Å². The normalized spacial score (nSPS) is 17.7. The molecule has 0 bridgehead atoms. The molecule has 140 valence electrons. The largest absolute Gasteiger partial charge is 0.497 e. The fraction of sp³-hybridized carbons (Fsp3) is 0.318. The molecule has 0 spiro atoms. The number of ether oxygens (including phenoxy) is 2. The molecule has 5 nitrogen and oxygen atoms in total. The first-order valence-corrected chi connectivity index (χ1v) is 9.36. The molecule has 0 aliphatic carbocycles. The van der Waals surface area contributed by atoms with Crippen LogP contribution in [0.25, 0.3) is 5.69 Å². The predicted octanol–water partition coefficient (Wildman–Crippen LogP) is 3.32. The van der Waals surface area contributed by atoms with E-state index in [-0.39, 0.29) is 6.10 Å². The molecule has 0 amide bonds. The molecule has 27 heavy (non-hydrogen) atoms. The minimum Gasteiger partial charge on any atom is -0.497 e. The Kier molecular flexibility index (Phi) is 5.51. The Bertz CT molecular complexity index is 846. The Balaban J connectivity index is 1.37. The quantitative estimate of drug-likeness (QED) is 0.674. The van der Waals surface area contributed by atoms with E-state index in [2.05, 4.69) is 46.4 Å². The van der Waals surface area contributed by atoms with Gasteiger partial charge in [0.25, 0.3) is 0 Å². The van der Waals surface area contributed by atoms with Crippen LogP contribution in [0.3, 0.4) is 0 Å². The summed E-state index contributed by atoms with van der Waals surface area (Å²) < 4.78 is 13.1. The van der Waals surface area contributed by atoms with Crippen molar-refractivity contribution in [3.05, 3.63) is 78.1 Å². The van der Waals surface area contributed by atoms with Crippen LogP contribution >= 0.6 is 0 Å². The molecule has 1 saturated heterocycles. The van der Waals surface area contributed by atoms with E-state index >= 15 is 0 Å². The number of methoxy groups -OCH3 is 1. The highest BCUT2D eigenvalue weighted by molar-refractivity contribution is 5.35. The van der Waals surface area contributed by atoms with Crippen molar-refractivity contribution in [2.45, 2.75) is 19.1 Å². The third-order valence-electron chi connectivity index (χ3n) is 4.93. The molecule has 5 heteroatoms. The van der Waals surface area contributed by atoms with Gasteiger partial charge >= 0.3 is 0 Å². The van der Waals surface area contributed by atoms with Crippen molar-refractivity contribution in [1.82, 2.24) is 14.7 Å². The van der Waals surface area contributed by atoms with E-state index < -0.39 is 0 Å². The second kappa shape index (κ2) is 8.37. The smallest absolute Gasteiger partial charge is 0.118 e. The predicted molar refractivity (Wildman–Crippen MR) is 105 cm³/mol. The second-order valence-electron chi connectivity index (χ2n) is 6.90. The number of benzene rings is 2. The van der Waals surface area contributed by atoms with Crippen molar-refractivity contribution < 1.29 is 9.47 Å². The number of aromatic nitrogens is 2. The Morgan fingerprint density at radius 3 is 2.78 bits per heavy atom. The molecule has 0 unspecified atom stereocenters. The summed E-state index contributed by atoms with van der Waals surface area (Å²) in [5.41, 5.74) is 3.68. The van der Waals surface area contributed by atoms with Gasteiger partial charge in [-0.05, 0) is 47.9 Å². The number of rotatable bonds is 6. The van der Waals surface area contributed by atoms with Gasteiger partial charge in [-0.25, -0.2) is 4.68 Å². The summed E-state index contributed by atoms with van der Waals surface area (Å²) in [5, 5.41) is 4.32. The van der Waals surface area contributed by atoms with E-state index in [0.717, 1.165) is 44.1 Å². The summed E-state index contributed by atoms with van der Waals surface area (Å²) in [5.74, 6) is 0.891. The van der Waals surface area contributed by atoms with Crippen LogP contribution in [0.2, 0.25) is 0 Å². The molecule has 0 radical (unpaired) electrons. The van der Waals surface area contributed by atoms with E-state index in [1.165, 1.54) is 11.1 Å². The van der Waals surface area contributed by atoms with Crippen molar-refractivity contribution >= 4 is 0 Å². The molecule has 1 fully saturated rings. The van der Waals surface area contributed by atoms with Gasteiger partial charge in [0, 0.05) is 32.0 Å². The lowest BCUT2D eigenvalue weighted by Crippen LogP contribution is -2.42. The SMILES string of the molecule is COc1ccc(C[C@@H]2CN(Cc3cccc(-n4cccn4)c3)CCO2)cc1. The minimum atomic E-state index is 0.224. The zero-order valence-electron chi connectivity index (χ0n) is 15.6. The molecule has 4 rings (SSSR count). The first kappa shape index (κ1) is 17.8. The number of hydrogen-bond donors (Lipinski definition) is 0. The molecular formula is C22H25N3O2. The van der Waals surface area contributed by atoms with E-state index in [9.17, 15) is 0 Å². The van der Waals surface area contributed by atoms with Gasteiger partial charge in [0.15, 0.2) is 0 Å². The van der Waals surface area contributed by atoms with Crippen molar-refractivity contribution in [2.75, 3.05) is 26.8 Å². The topological polar surface area (TPSA) is 39.5 Å². The number of morpholine rings is 1. The van der Waals surface area contributed by atoms with Crippen LogP contribution in [0.15, 0.2) is 67.0 Å². The summed E-state index contributed by atoms with van der Waals surface area (Å²) >= 11 is 0. The lowest BCUT2D eigenvalue weighted by molar-refractivity contribution is -0.0304. The average Bonchev–Trinajstić information content (AvgIpc) is 3.24. The summed E-state index contributed by atoms with van der Waals surface area (Å²) in [6, 6.07) is 18.8. The van der Waals surface area contributed by atoms with Gasteiger partial charge in [0.1, 0.15) is 5.75 Å². The average molecular weight is 363 g/mol. The number of nitrogens with zero attached hydrogens (tertiary/aromatic N) is 3. The molecule has 2 heterocycles. The van der Waals surface area contributed by atoms with Crippen molar-refractivity contribution in [1.29, 1.82) is 0 Å². The van der Waals surface area contributed by atoms with E-state index in [0.29, 0.717) is 0 Å². The maximum Gasteiger partial charge on any atom is 0.118 e. The first-order chi connectivity index (χ1) is 13.3. The van der Waals surface area contributed by atoms with Gasteiger partial charge in [0.2, 0.25) is 0 Å². The van der Waals surface area contributed by atoms with E-state index in [1.54, 1.807) is 13.3 Å². The summed E-state index contributed by atoms with van der Waals surface area (Å²) in [6.45, 7) is 3.61. The third-order valence-corrected chi connectivity index (χ3v) is 4.93. The molecule has 1 aliphatic rings. The van der Waals surface area contributed by atoms with Crippen LogP contribution < -0.4 is 4.74 Å². The van der Waals surface area contributed by atoms with Gasteiger partial charge in [0.05, 0.1) is 25.5 Å². The van der Waals surface area contributed by atoms with Crippen LogP contribution in [0, 0.1) is 0 Å². The maximum absolute atomic E-state index is 6.00. The van der Waals surface area contributed by atoms with Crippen LogP contribution in [0.4, 0.5) is 0 Å². The van der Waals surface area contributed by atoms with Gasteiger partial charge in [-0.2, -0.15) is 5.10 Å². The molecule has 2 aromatic carbocycles. The Morgan fingerprint density at radius 1 is 1.11 bits per heavy atom. The van der Waals surface area contributed by atoms with E-state index in [1.807, 2.05) is 29.1 Å². The molecule has 0 N–H and O–H groups in total. The van der Waals surface area contributed by atoms with Gasteiger partial charge in [-0.1, -0.05) is 24.3 Å². The van der Waals surface area contributed by atoms with Gasteiger partial charge in [-0.3, -0.25) is 4.90 Å². The fourth-order valence-electron chi connectivity index (χ4n) is 3.55. The minimum absolute atomic E-state index is 0.224. The monoisotopic (exact) mass is 363 g/mol. The Labute approximate surface area is 160 Å². The van der Waals surface area contributed by atoms with Gasteiger partial charge < -0.3 is 9.47 Å². The molecule has 3 aromatic rings. The summed E-state index contributed by atoms with van der Waals surface area (Å²) in [6.07, 6.45) is 4.92. The Hall–Kier alpha value is -2.63. The number of hydrogen-bond acceptors (Lipinski definition) is 4. The molecule has 1 aliphatic heterocycles.